The van der Waals surface area contributed by atoms with Crippen LogP contribution in [0.15, 0.2) is 29.6 Å². The molecule has 36 heavy (non-hydrogen) atoms. The molecule has 2 aliphatic rings. The molecule has 1 spiro atoms. The fraction of sp³-hybridized carbons (Fsp3) is 0.519. The zero-order valence-electron chi connectivity index (χ0n) is 20.7. The minimum atomic E-state index is -0.839. The molecule has 2 saturated heterocycles. The number of hydrogen-bond donors (Lipinski definition) is 1. The van der Waals surface area contributed by atoms with Crippen LogP contribution < -0.4 is 0 Å². The maximum absolute atomic E-state index is 13.0. The molecule has 2 aromatic rings. The molecule has 2 aliphatic heterocycles. The average Bonchev–Trinajstić information content (AvgIpc) is 3.34. The predicted molar refractivity (Wildman–Crippen MR) is 137 cm³/mol. The molecule has 4 rings (SSSR count). The minimum Gasteiger partial charge on any atom is -0.481 e. The number of nitrogens with zero attached hydrogens (tertiary/aromatic N) is 3. The van der Waals surface area contributed by atoms with Crippen LogP contribution in [0.3, 0.4) is 0 Å². The second-order valence-electron chi connectivity index (χ2n) is 9.27. The molecule has 1 aromatic carbocycles. The number of amides is 1. The van der Waals surface area contributed by atoms with E-state index >= 15 is 0 Å². The first-order chi connectivity index (χ1) is 17.5. The highest BCUT2D eigenvalue weighted by Gasteiger charge is 2.41. The van der Waals surface area contributed by atoms with E-state index < -0.39 is 5.97 Å². The van der Waals surface area contributed by atoms with Crippen LogP contribution in [0.5, 0.6) is 0 Å². The van der Waals surface area contributed by atoms with Crippen molar-refractivity contribution in [2.75, 3.05) is 46.0 Å². The van der Waals surface area contributed by atoms with Gasteiger partial charge >= 0.3 is 5.97 Å². The summed E-state index contributed by atoms with van der Waals surface area (Å²) in [5.74, 6) is 4.87. The van der Waals surface area contributed by atoms with Crippen LogP contribution in [0, 0.1) is 11.8 Å². The molecule has 0 unspecified atom stereocenters. The third-order valence-electron chi connectivity index (χ3n) is 6.65. The SMILES string of the molecule is CC#Cc1nc(C(=O)N2CCOC3(CCN(Cc4cccc(CCOCCC(=O)O)c4)CC3)C2)cs1. The number of benzene rings is 1. The lowest BCUT2D eigenvalue weighted by atomic mass is 9.89. The minimum absolute atomic E-state index is 0.0338. The van der Waals surface area contributed by atoms with Crippen molar-refractivity contribution in [2.24, 2.45) is 0 Å². The Balaban J connectivity index is 1.26. The van der Waals surface area contributed by atoms with Crippen molar-refractivity contribution in [1.82, 2.24) is 14.8 Å². The van der Waals surface area contributed by atoms with Crippen molar-refractivity contribution in [3.63, 3.8) is 0 Å². The normalized spacial score (nSPS) is 17.5. The lowest BCUT2D eigenvalue weighted by molar-refractivity contribution is -0.138. The number of thiazole rings is 1. The van der Waals surface area contributed by atoms with Crippen LogP contribution in [0.2, 0.25) is 0 Å². The summed E-state index contributed by atoms with van der Waals surface area (Å²) in [5.41, 5.74) is 2.63. The Labute approximate surface area is 216 Å². The molecule has 1 aromatic heterocycles. The molecule has 0 saturated carbocycles. The van der Waals surface area contributed by atoms with Gasteiger partial charge in [0.2, 0.25) is 0 Å². The number of ether oxygens (including phenoxy) is 2. The van der Waals surface area contributed by atoms with Gasteiger partial charge in [-0.1, -0.05) is 30.2 Å². The van der Waals surface area contributed by atoms with Crippen LogP contribution in [0.4, 0.5) is 0 Å². The van der Waals surface area contributed by atoms with E-state index in [0.717, 1.165) is 38.9 Å². The van der Waals surface area contributed by atoms with E-state index in [1.165, 1.54) is 22.5 Å². The Morgan fingerprint density at radius 1 is 1.22 bits per heavy atom. The summed E-state index contributed by atoms with van der Waals surface area (Å²) in [6, 6.07) is 8.49. The van der Waals surface area contributed by atoms with Gasteiger partial charge in [0, 0.05) is 31.6 Å². The van der Waals surface area contributed by atoms with Crippen molar-refractivity contribution >= 4 is 23.2 Å². The fourth-order valence-corrected chi connectivity index (χ4v) is 5.42. The van der Waals surface area contributed by atoms with Gasteiger partial charge in [-0.25, -0.2) is 4.98 Å². The maximum Gasteiger partial charge on any atom is 0.305 e. The average molecular weight is 512 g/mol. The predicted octanol–water partition coefficient (Wildman–Crippen LogP) is 3.06. The van der Waals surface area contributed by atoms with Crippen molar-refractivity contribution in [3.05, 3.63) is 51.5 Å². The second-order valence-corrected chi connectivity index (χ2v) is 10.1. The van der Waals surface area contributed by atoms with Crippen LogP contribution in [-0.4, -0.2) is 83.4 Å². The second kappa shape index (κ2) is 12.5. The largest absolute Gasteiger partial charge is 0.481 e. The summed E-state index contributed by atoms with van der Waals surface area (Å²) in [4.78, 5) is 32.3. The Kier molecular flexibility index (Phi) is 9.10. The Morgan fingerprint density at radius 2 is 2.03 bits per heavy atom. The highest BCUT2D eigenvalue weighted by atomic mass is 32.1. The molecule has 9 heteroatoms. The molecular weight excluding hydrogens is 478 g/mol. The van der Waals surface area contributed by atoms with Gasteiger partial charge in [0.1, 0.15) is 5.69 Å². The van der Waals surface area contributed by atoms with Crippen molar-refractivity contribution < 1.29 is 24.2 Å². The van der Waals surface area contributed by atoms with E-state index in [4.69, 9.17) is 14.6 Å². The van der Waals surface area contributed by atoms with Gasteiger partial charge < -0.3 is 19.5 Å². The smallest absolute Gasteiger partial charge is 0.305 e. The molecule has 3 heterocycles. The van der Waals surface area contributed by atoms with Crippen LogP contribution in [-0.2, 0) is 27.2 Å². The highest BCUT2D eigenvalue weighted by molar-refractivity contribution is 7.10. The molecule has 0 bridgehead atoms. The molecule has 0 atom stereocenters. The third-order valence-corrected chi connectivity index (χ3v) is 7.41. The van der Waals surface area contributed by atoms with E-state index in [1.54, 1.807) is 12.3 Å². The number of likely N-dealkylation sites (tertiary alicyclic amines) is 1. The molecule has 1 N–H and O–H groups in total. The Morgan fingerprint density at radius 3 is 2.81 bits per heavy atom. The summed E-state index contributed by atoms with van der Waals surface area (Å²) in [6.45, 7) is 6.96. The number of hydrogen-bond acceptors (Lipinski definition) is 7. The summed E-state index contributed by atoms with van der Waals surface area (Å²) in [7, 11) is 0. The van der Waals surface area contributed by atoms with Gasteiger partial charge in [-0.3, -0.25) is 14.5 Å². The van der Waals surface area contributed by atoms with Crippen molar-refractivity contribution in [2.45, 2.75) is 44.8 Å². The van der Waals surface area contributed by atoms with Crippen LogP contribution in [0.1, 0.15) is 52.8 Å². The van der Waals surface area contributed by atoms with Gasteiger partial charge in [-0.2, -0.15) is 0 Å². The van der Waals surface area contributed by atoms with Gasteiger partial charge in [-0.05, 0) is 43.2 Å². The van der Waals surface area contributed by atoms with E-state index in [9.17, 15) is 9.59 Å². The summed E-state index contributed by atoms with van der Waals surface area (Å²) >= 11 is 1.40. The molecule has 2 fully saturated rings. The number of carbonyl (C=O) groups excluding carboxylic acids is 1. The standard InChI is InChI=1S/C27H33N3O5S/c1-2-4-24-28-23(19-36-24)26(33)30-13-16-35-27(20-30)9-11-29(12-10-27)18-22-6-3-5-21(17-22)7-14-34-15-8-25(31)32/h3,5-6,17,19H,7-16,18,20H2,1H3,(H,31,32). The number of rotatable bonds is 9. The van der Waals surface area contributed by atoms with Crippen molar-refractivity contribution in [3.8, 4) is 11.8 Å². The van der Waals surface area contributed by atoms with E-state index in [1.807, 2.05) is 4.90 Å². The molecule has 192 valence electrons. The van der Waals surface area contributed by atoms with E-state index in [2.05, 4.69) is 46.0 Å². The highest BCUT2D eigenvalue weighted by Crippen LogP contribution is 2.31. The van der Waals surface area contributed by atoms with Gasteiger partial charge in [-0.15, -0.1) is 11.3 Å². The number of piperidine rings is 1. The first-order valence-electron chi connectivity index (χ1n) is 12.4. The van der Waals surface area contributed by atoms with Crippen LogP contribution >= 0.6 is 11.3 Å². The Bertz CT molecular complexity index is 1110. The summed E-state index contributed by atoms with van der Waals surface area (Å²) < 4.78 is 11.7. The first kappa shape index (κ1) is 26.3. The van der Waals surface area contributed by atoms with E-state index in [0.29, 0.717) is 37.0 Å². The number of morpholine rings is 1. The lowest BCUT2D eigenvalue weighted by Gasteiger charge is -2.47. The zero-order valence-corrected chi connectivity index (χ0v) is 21.5. The van der Waals surface area contributed by atoms with Gasteiger partial charge in [0.05, 0.1) is 38.4 Å². The van der Waals surface area contributed by atoms with E-state index in [-0.39, 0.29) is 24.5 Å². The van der Waals surface area contributed by atoms with Gasteiger partial charge in [0.25, 0.3) is 5.91 Å². The number of aliphatic carboxylic acids is 1. The number of carbonyl (C=O) groups is 2. The molecule has 8 nitrogen and oxygen atoms in total. The topological polar surface area (TPSA) is 92.2 Å². The molecular formula is C27H33N3O5S. The zero-order chi connectivity index (χ0) is 25.4. The third kappa shape index (κ3) is 7.14. The molecule has 0 aliphatic carbocycles. The quantitative estimate of drug-likeness (QED) is 0.409. The fourth-order valence-electron chi connectivity index (χ4n) is 4.73. The van der Waals surface area contributed by atoms with Crippen molar-refractivity contribution in [1.29, 1.82) is 0 Å². The van der Waals surface area contributed by atoms with Crippen LogP contribution in [0.25, 0.3) is 0 Å². The van der Waals surface area contributed by atoms with Gasteiger partial charge in [0.15, 0.2) is 5.01 Å². The summed E-state index contributed by atoms with van der Waals surface area (Å²) in [5, 5.41) is 11.2. The molecule has 0 radical (unpaired) electrons. The number of aromatic nitrogens is 1. The Hall–Kier alpha value is -2.77. The lowest BCUT2D eigenvalue weighted by Crippen LogP contribution is -2.58. The monoisotopic (exact) mass is 511 g/mol. The molecule has 1 amide bonds. The maximum atomic E-state index is 13.0. The number of carboxylic acid groups (broad SMARTS) is 1. The first-order valence-corrected chi connectivity index (χ1v) is 13.3. The number of carboxylic acids is 1. The summed E-state index contributed by atoms with van der Waals surface area (Å²) in [6.07, 6.45) is 2.57.